The molecular weight excluding hydrogens is 376 g/mol. The molecule has 0 unspecified atom stereocenters. The molecule has 4 saturated carbocycles. The molecule has 1 aromatic rings. The van der Waals surface area contributed by atoms with Crippen molar-refractivity contribution in [3.8, 4) is 0 Å². The Labute approximate surface area is 179 Å². The summed E-state index contributed by atoms with van der Waals surface area (Å²) in [5.41, 5.74) is 1.12. The van der Waals surface area contributed by atoms with Crippen LogP contribution in [0.3, 0.4) is 0 Å². The van der Waals surface area contributed by atoms with Crippen LogP contribution in [0.15, 0.2) is 30.3 Å². The van der Waals surface area contributed by atoms with Crippen LogP contribution >= 0.6 is 0 Å². The summed E-state index contributed by atoms with van der Waals surface area (Å²) < 4.78 is 0. The Morgan fingerprint density at radius 2 is 1.50 bits per heavy atom. The number of piperazine rings is 1. The minimum absolute atomic E-state index is 0.0565. The molecule has 5 aliphatic rings. The van der Waals surface area contributed by atoms with Crippen molar-refractivity contribution in [2.45, 2.75) is 57.4 Å². The zero-order valence-corrected chi connectivity index (χ0v) is 17.8. The van der Waals surface area contributed by atoms with E-state index in [1.165, 1.54) is 24.8 Å². The average Bonchev–Trinajstić information content (AvgIpc) is 2.73. The molecule has 30 heavy (non-hydrogen) atoms. The van der Waals surface area contributed by atoms with Gasteiger partial charge in [0.2, 0.25) is 5.91 Å². The van der Waals surface area contributed by atoms with Crippen LogP contribution in [0.5, 0.6) is 0 Å². The highest BCUT2D eigenvalue weighted by molar-refractivity contribution is 5.83. The second-order valence-corrected chi connectivity index (χ2v) is 10.4. The van der Waals surface area contributed by atoms with Crippen molar-refractivity contribution in [1.29, 1.82) is 0 Å². The summed E-state index contributed by atoms with van der Waals surface area (Å²) in [6.07, 6.45) is 8.26. The van der Waals surface area contributed by atoms with Gasteiger partial charge >= 0.3 is 5.97 Å². The predicted molar refractivity (Wildman–Crippen MR) is 115 cm³/mol. The fourth-order valence-corrected chi connectivity index (χ4v) is 7.44. The summed E-state index contributed by atoms with van der Waals surface area (Å²) >= 11 is 0. The van der Waals surface area contributed by atoms with Crippen LogP contribution in [-0.2, 0) is 9.59 Å². The van der Waals surface area contributed by atoms with Crippen LogP contribution < -0.4 is 0 Å². The molecule has 0 aromatic heterocycles. The van der Waals surface area contributed by atoms with Gasteiger partial charge in [0.25, 0.3) is 0 Å². The Balaban J connectivity index is 1.25. The smallest absolute Gasteiger partial charge is 0.303 e. The van der Waals surface area contributed by atoms with E-state index in [4.69, 9.17) is 0 Å². The lowest BCUT2D eigenvalue weighted by molar-refractivity contribution is -0.159. The molecule has 1 aromatic carbocycles. The van der Waals surface area contributed by atoms with Crippen molar-refractivity contribution in [3.63, 3.8) is 0 Å². The van der Waals surface area contributed by atoms with Crippen LogP contribution in [-0.4, -0.2) is 53.0 Å². The number of hydrogen-bond acceptors (Lipinski definition) is 3. The zero-order valence-electron chi connectivity index (χ0n) is 17.8. The summed E-state index contributed by atoms with van der Waals surface area (Å²) in [6.45, 7) is 3.21. The predicted octanol–water partition coefficient (Wildman–Crippen LogP) is 3.95. The number of amides is 1. The van der Waals surface area contributed by atoms with Crippen LogP contribution in [0.1, 0.15) is 63.0 Å². The van der Waals surface area contributed by atoms with Crippen molar-refractivity contribution < 1.29 is 14.7 Å². The SMILES string of the molecule is O=C(O)CC[C@H](c1ccccc1)N1CCN(C(=O)C23CC4CC(CC(C4)C2)C3)CC1. The Hall–Kier alpha value is -1.88. The summed E-state index contributed by atoms with van der Waals surface area (Å²) in [6, 6.07) is 10.4. The van der Waals surface area contributed by atoms with E-state index in [0.717, 1.165) is 63.2 Å². The number of rotatable bonds is 6. The number of hydrogen-bond donors (Lipinski definition) is 1. The van der Waals surface area contributed by atoms with Crippen molar-refractivity contribution >= 4 is 11.9 Å². The lowest BCUT2D eigenvalue weighted by Gasteiger charge is -2.57. The molecular formula is C25H34N2O3. The first-order chi connectivity index (χ1) is 14.5. The molecule has 6 rings (SSSR count). The number of nitrogens with zero attached hydrogens (tertiary/aromatic N) is 2. The molecule has 1 aliphatic heterocycles. The fourth-order valence-electron chi connectivity index (χ4n) is 7.44. The molecule has 4 aliphatic carbocycles. The highest BCUT2D eigenvalue weighted by Crippen LogP contribution is 2.60. The van der Waals surface area contributed by atoms with Gasteiger partial charge in [0, 0.05) is 38.6 Å². The molecule has 5 fully saturated rings. The van der Waals surface area contributed by atoms with Crippen LogP contribution in [0.25, 0.3) is 0 Å². The second-order valence-electron chi connectivity index (χ2n) is 10.4. The van der Waals surface area contributed by atoms with Gasteiger partial charge in [-0.1, -0.05) is 30.3 Å². The molecule has 1 atom stereocenters. The maximum absolute atomic E-state index is 13.6. The van der Waals surface area contributed by atoms with Gasteiger partial charge < -0.3 is 10.0 Å². The fraction of sp³-hybridized carbons (Fsp3) is 0.680. The van der Waals surface area contributed by atoms with Crippen molar-refractivity contribution in [1.82, 2.24) is 9.80 Å². The molecule has 1 N–H and O–H groups in total. The van der Waals surface area contributed by atoms with Gasteiger partial charge in [-0.05, 0) is 68.3 Å². The number of carboxylic acids is 1. The lowest BCUT2D eigenvalue weighted by atomic mass is 9.49. The molecule has 162 valence electrons. The lowest BCUT2D eigenvalue weighted by Crippen LogP contribution is -2.58. The van der Waals surface area contributed by atoms with Crippen molar-refractivity contribution in [3.05, 3.63) is 35.9 Å². The number of carbonyl (C=O) groups is 2. The number of benzene rings is 1. The van der Waals surface area contributed by atoms with Gasteiger partial charge in [0.1, 0.15) is 0 Å². The second kappa shape index (κ2) is 7.99. The van der Waals surface area contributed by atoms with Gasteiger partial charge in [-0.3, -0.25) is 14.5 Å². The normalized spacial score (nSPS) is 34.1. The standard InChI is InChI=1S/C25H34N2O3/c28-23(29)7-6-22(21-4-2-1-3-5-21)26-8-10-27(11-9-26)24(30)25-15-18-12-19(16-25)14-20(13-18)17-25/h1-5,18-20,22H,6-17H2,(H,28,29)/t18?,19?,20?,22-,25?/m1/s1. The number of carboxylic acid groups (broad SMARTS) is 1. The molecule has 1 heterocycles. The third-order valence-corrected chi connectivity index (χ3v) is 8.35. The maximum Gasteiger partial charge on any atom is 0.303 e. The third kappa shape index (κ3) is 3.77. The zero-order chi connectivity index (χ0) is 20.7. The van der Waals surface area contributed by atoms with E-state index in [0.29, 0.717) is 12.3 Å². The van der Waals surface area contributed by atoms with E-state index in [1.54, 1.807) is 0 Å². The Kier molecular flexibility index (Phi) is 5.34. The Morgan fingerprint density at radius 3 is 2.03 bits per heavy atom. The molecule has 0 spiro atoms. The van der Waals surface area contributed by atoms with Gasteiger partial charge in [-0.25, -0.2) is 0 Å². The topological polar surface area (TPSA) is 60.9 Å². The van der Waals surface area contributed by atoms with Crippen molar-refractivity contribution in [2.75, 3.05) is 26.2 Å². The van der Waals surface area contributed by atoms with Gasteiger partial charge in [-0.15, -0.1) is 0 Å². The minimum Gasteiger partial charge on any atom is -0.481 e. The van der Waals surface area contributed by atoms with Crippen molar-refractivity contribution in [2.24, 2.45) is 23.2 Å². The van der Waals surface area contributed by atoms with Gasteiger partial charge in [0.05, 0.1) is 5.41 Å². The first-order valence-electron chi connectivity index (χ1n) is 11.8. The summed E-state index contributed by atoms with van der Waals surface area (Å²) in [4.78, 5) is 29.4. The van der Waals surface area contributed by atoms with E-state index >= 15 is 0 Å². The van der Waals surface area contributed by atoms with E-state index in [1.807, 2.05) is 18.2 Å². The van der Waals surface area contributed by atoms with Crippen LogP contribution in [0, 0.1) is 23.2 Å². The van der Waals surface area contributed by atoms with Crippen LogP contribution in [0.2, 0.25) is 0 Å². The van der Waals surface area contributed by atoms with Crippen LogP contribution in [0.4, 0.5) is 0 Å². The molecule has 0 radical (unpaired) electrons. The number of aliphatic carboxylic acids is 1. The maximum atomic E-state index is 13.6. The highest BCUT2D eigenvalue weighted by Gasteiger charge is 2.55. The summed E-state index contributed by atoms with van der Waals surface area (Å²) in [5, 5.41) is 9.20. The third-order valence-electron chi connectivity index (χ3n) is 8.35. The molecule has 1 saturated heterocycles. The highest BCUT2D eigenvalue weighted by atomic mass is 16.4. The molecule has 1 amide bonds. The van der Waals surface area contributed by atoms with Gasteiger partial charge in [0.15, 0.2) is 0 Å². The number of carbonyl (C=O) groups excluding carboxylic acids is 1. The average molecular weight is 411 g/mol. The first kappa shape index (κ1) is 20.0. The minimum atomic E-state index is -0.744. The Bertz CT molecular complexity index is 750. The monoisotopic (exact) mass is 410 g/mol. The molecule has 5 heteroatoms. The van der Waals surface area contributed by atoms with E-state index < -0.39 is 5.97 Å². The molecule has 4 bridgehead atoms. The summed E-state index contributed by atoms with van der Waals surface area (Å²) in [5.74, 6) is 2.06. The van der Waals surface area contributed by atoms with Gasteiger partial charge in [-0.2, -0.15) is 0 Å². The van der Waals surface area contributed by atoms with E-state index in [9.17, 15) is 14.7 Å². The first-order valence-corrected chi connectivity index (χ1v) is 11.8. The summed E-state index contributed by atoms with van der Waals surface area (Å²) in [7, 11) is 0. The quantitative estimate of drug-likeness (QED) is 0.771. The Morgan fingerprint density at radius 1 is 0.933 bits per heavy atom. The van der Waals surface area contributed by atoms with E-state index in [-0.39, 0.29) is 17.9 Å². The van der Waals surface area contributed by atoms with E-state index in [2.05, 4.69) is 21.9 Å². The molecule has 5 nitrogen and oxygen atoms in total. The largest absolute Gasteiger partial charge is 0.481 e.